The van der Waals surface area contributed by atoms with E-state index in [1.54, 1.807) is 0 Å². The third-order valence-corrected chi connectivity index (χ3v) is 1.94. The molecule has 11 heavy (non-hydrogen) atoms. The molecule has 0 aliphatic carbocycles. The lowest BCUT2D eigenvalue weighted by atomic mass is 10.3. The molecule has 0 atom stereocenters. The van der Waals surface area contributed by atoms with Crippen molar-refractivity contribution in [3.05, 3.63) is 29.5 Å². The minimum Gasteiger partial charge on any atom is -0.324 e. The average molecular weight is 166 g/mol. The highest BCUT2D eigenvalue weighted by Crippen LogP contribution is 2.20. The van der Waals surface area contributed by atoms with Gasteiger partial charge in [-0.1, -0.05) is 17.7 Å². The maximum Gasteiger partial charge on any atom is 0.177 e. The standard InChI is InChI=1S/C8H6ClN2/c1-11-5-10-8-6(9)3-2-4-7(8)11/h2-4H,1H3. The van der Waals surface area contributed by atoms with Gasteiger partial charge in [-0.3, -0.25) is 0 Å². The molecule has 1 aromatic carbocycles. The van der Waals surface area contributed by atoms with Crippen LogP contribution in [-0.4, -0.2) is 9.55 Å². The van der Waals surface area contributed by atoms with Gasteiger partial charge in [0.05, 0.1) is 10.5 Å². The Morgan fingerprint density at radius 2 is 2.36 bits per heavy atom. The second kappa shape index (κ2) is 2.24. The van der Waals surface area contributed by atoms with Crippen LogP contribution < -0.4 is 0 Å². The largest absolute Gasteiger partial charge is 0.324 e. The van der Waals surface area contributed by atoms with Crippen LogP contribution in [-0.2, 0) is 7.05 Å². The molecule has 0 saturated heterocycles. The molecule has 1 heterocycles. The fourth-order valence-corrected chi connectivity index (χ4v) is 1.28. The summed E-state index contributed by atoms with van der Waals surface area (Å²) < 4.78 is 1.82. The van der Waals surface area contributed by atoms with Crippen molar-refractivity contribution < 1.29 is 0 Å². The summed E-state index contributed by atoms with van der Waals surface area (Å²) in [5, 5.41) is 0.680. The van der Waals surface area contributed by atoms with E-state index in [0.717, 1.165) is 11.0 Å². The first kappa shape index (κ1) is 6.68. The Bertz CT molecular complexity index is 392. The van der Waals surface area contributed by atoms with Gasteiger partial charge >= 0.3 is 0 Å². The van der Waals surface area contributed by atoms with Crippen LogP contribution in [0.3, 0.4) is 0 Å². The Balaban J connectivity index is 2.94. The molecule has 0 amide bonds. The van der Waals surface area contributed by atoms with Crippen molar-refractivity contribution in [2.45, 2.75) is 0 Å². The van der Waals surface area contributed by atoms with Crippen LogP contribution in [0, 0.1) is 6.33 Å². The molecule has 0 fully saturated rings. The topological polar surface area (TPSA) is 17.8 Å². The lowest BCUT2D eigenvalue weighted by molar-refractivity contribution is 0.936. The number of aryl methyl sites for hydroxylation is 1. The summed E-state index contributed by atoms with van der Waals surface area (Å²) in [5.74, 6) is 0. The molecule has 0 aliphatic heterocycles. The molecule has 2 rings (SSSR count). The number of imidazole rings is 1. The zero-order valence-corrected chi connectivity index (χ0v) is 6.76. The second-order valence-corrected chi connectivity index (χ2v) is 2.79. The molecular weight excluding hydrogens is 160 g/mol. The highest BCUT2D eigenvalue weighted by Gasteiger charge is 2.01. The Morgan fingerprint density at radius 1 is 1.55 bits per heavy atom. The number of aromatic nitrogens is 2. The van der Waals surface area contributed by atoms with Crippen LogP contribution in [0.4, 0.5) is 0 Å². The molecule has 0 unspecified atom stereocenters. The van der Waals surface area contributed by atoms with Gasteiger partial charge in [-0.05, 0) is 12.1 Å². The number of nitrogens with zero attached hydrogens (tertiary/aromatic N) is 2. The lowest BCUT2D eigenvalue weighted by Gasteiger charge is -1.92. The van der Waals surface area contributed by atoms with E-state index in [9.17, 15) is 0 Å². The molecule has 2 nitrogen and oxygen atoms in total. The Morgan fingerprint density at radius 3 is 3.09 bits per heavy atom. The normalized spacial score (nSPS) is 10.7. The van der Waals surface area contributed by atoms with Crippen LogP contribution in [0.1, 0.15) is 0 Å². The predicted molar refractivity (Wildman–Crippen MR) is 44.6 cm³/mol. The lowest BCUT2D eigenvalue weighted by Crippen LogP contribution is -1.82. The maximum absolute atomic E-state index is 5.87. The minimum absolute atomic E-state index is 0.680. The zero-order valence-electron chi connectivity index (χ0n) is 6.00. The summed E-state index contributed by atoms with van der Waals surface area (Å²) in [7, 11) is 1.89. The van der Waals surface area contributed by atoms with Crippen molar-refractivity contribution in [3.63, 3.8) is 0 Å². The number of hydrogen-bond donors (Lipinski definition) is 0. The molecule has 3 heteroatoms. The Hall–Kier alpha value is -1.02. The summed E-state index contributed by atoms with van der Waals surface area (Å²) in [5.41, 5.74) is 1.83. The third kappa shape index (κ3) is 0.906. The van der Waals surface area contributed by atoms with Crippen molar-refractivity contribution in [3.8, 4) is 0 Å². The number of rotatable bonds is 0. The van der Waals surface area contributed by atoms with E-state index in [2.05, 4.69) is 11.3 Å². The van der Waals surface area contributed by atoms with Crippen molar-refractivity contribution in [1.82, 2.24) is 9.55 Å². The summed E-state index contributed by atoms with van der Waals surface area (Å²) >= 11 is 5.87. The fraction of sp³-hybridized carbons (Fsp3) is 0.125. The number of para-hydroxylation sites is 1. The van der Waals surface area contributed by atoms with Gasteiger partial charge in [0.25, 0.3) is 0 Å². The average Bonchev–Trinajstić information content (AvgIpc) is 2.35. The van der Waals surface area contributed by atoms with Crippen LogP contribution >= 0.6 is 11.6 Å². The molecule has 1 aromatic heterocycles. The van der Waals surface area contributed by atoms with E-state index in [1.807, 2.05) is 29.8 Å². The highest BCUT2D eigenvalue weighted by molar-refractivity contribution is 6.34. The zero-order chi connectivity index (χ0) is 7.84. The molecule has 0 bridgehead atoms. The van der Waals surface area contributed by atoms with Crippen LogP contribution in [0.15, 0.2) is 18.2 Å². The summed E-state index contributed by atoms with van der Waals surface area (Å²) in [4.78, 5) is 4.02. The quantitative estimate of drug-likeness (QED) is 0.584. The van der Waals surface area contributed by atoms with Gasteiger partial charge in [0.1, 0.15) is 5.52 Å². The first-order valence-electron chi connectivity index (χ1n) is 3.27. The van der Waals surface area contributed by atoms with Gasteiger partial charge in [-0.25, -0.2) is 4.98 Å². The second-order valence-electron chi connectivity index (χ2n) is 2.38. The van der Waals surface area contributed by atoms with Gasteiger partial charge in [0.2, 0.25) is 0 Å². The molecule has 0 spiro atoms. The number of hydrogen-bond acceptors (Lipinski definition) is 1. The first-order chi connectivity index (χ1) is 5.29. The van der Waals surface area contributed by atoms with E-state index in [-0.39, 0.29) is 0 Å². The fourth-order valence-electron chi connectivity index (χ4n) is 1.06. The number of fused-ring (bicyclic) bond motifs is 1. The predicted octanol–water partition coefficient (Wildman–Crippen LogP) is 2.03. The number of halogens is 1. The Kier molecular flexibility index (Phi) is 1.36. The van der Waals surface area contributed by atoms with Gasteiger partial charge in [0, 0.05) is 7.05 Å². The molecule has 2 aromatic rings. The molecule has 0 aliphatic rings. The molecule has 55 valence electrons. The maximum atomic E-state index is 5.87. The summed E-state index contributed by atoms with van der Waals surface area (Å²) in [6.07, 6.45) is 2.80. The Labute approximate surface area is 69.4 Å². The van der Waals surface area contributed by atoms with Crippen molar-refractivity contribution in [1.29, 1.82) is 0 Å². The van der Waals surface area contributed by atoms with E-state index >= 15 is 0 Å². The molecule has 0 N–H and O–H groups in total. The third-order valence-electron chi connectivity index (χ3n) is 1.64. The summed E-state index contributed by atoms with van der Waals surface area (Å²) in [6.45, 7) is 0. The van der Waals surface area contributed by atoms with Gasteiger partial charge in [-0.2, -0.15) is 0 Å². The minimum atomic E-state index is 0.680. The smallest absolute Gasteiger partial charge is 0.177 e. The van der Waals surface area contributed by atoms with Gasteiger partial charge in [-0.15, -0.1) is 0 Å². The van der Waals surface area contributed by atoms with Crippen molar-refractivity contribution in [2.24, 2.45) is 7.05 Å². The van der Waals surface area contributed by atoms with Gasteiger partial charge < -0.3 is 4.57 Å². The van der Waals surface area contributed by atoms with Crippen LogP contribution in [0.2, 0.25) is 5.02 Å². The molecular formula is C8H6ClN2. The first-order valence-corrected chi connectivity index (χ1v) is 3.65. The number of benzene rings is 1. The highest BCUT2D eigenvalue weighted by atomic mass is 35.5. The van der Waals surface area contributed by atoms with E-state index < -0.39 is 0 Å². The van der Waals surface area contributed by atoms with Gasteiger partial charge in [0.15, 0.2) is 6.33 Å². The molecule has 1 radical (unpaired) electrons. The summed E-state index contributed by atoms with van der Waals surface area (Å²) in [6, 6.07) is 5.69. The van der Waals surface area contributed by atoms with E-state index in [1.165, 1.54) is 0 Å². The van der Waals surface area contributed by atoms with Crippen LogP contribution in [0.5, 0.6) is 0 Å². The van der Waals surface area contributed by atoms with Crippen LogP contribution in [0.25, 0.3) is 11.0 Å². The van der Waals surface area contributed by atoms with Crippen molar-refractivity contribution >= 4 is 22.6 Å². The van der Waals surface area contributed by atoms with E-state index in [0.29, 0.717) is 5.02 Å². The van der Waals surface area contributed by atoms with Crippen molar-refractivity contribution in [2.75, 3.05) is 0 Å². The SMILES string of the molecule is Cn1[c]nc2c(Cl)cccc21. The van der Waals surface area contributed by atoms with E-state index in [4.69, 9.17) is 11.6 Å². The molecule has 0 saturated carbocycles. The monoisotopic (exact) mass is 165 g/mol.